The first-order valence-electron chi connectivity index (χ1n) is 9.45. The summed E-state index contributed by atoms with van der Waals surface area (Å²) in [6.07, 6.45) is 0. The van der Waals surface area contributed by atoms with Gasteiger partial charge < -0.3 is 5.73 Å². The predicted molar refractivity (Wildman–Crippen MR) is 126 cm³/mol. The van der Waals surface area contributed by atoms with Crippen LogP contribution in [-0.2, 0) is 5.75 Å². The van der Waals surface area contributed by atoms with E-state index in [0.717, 1.165) is 4.90 Å². The molecule has 0 atom stereocenters. The number of halogens is 2. The molecule has 0 aliphatic carbocycles. The molecule has 2 aromatic heterocycles. The van der Waals surface area contributed by atoms with E-state index in [9.17, 15) is 4.79 Å². The standard InChI is InChI=1S/C20H16Cl2N8O2S/c1-11(12-7-8-14(21)15(22)9-12)24-26-20(31)17-16(10-33-13-5-3-2-4-6-13)30(29-25-17)19-18(23)27-32-28-19/h2-9H,10H2,1H3,(H2,23,27)(H,26,31). The highest BCUT2D eigenvalue weighted by molar-refractivity contribution is 7.98. The van der Waals surface area contributed by atoms with Gasteiger partial charge in [0, 0.05) is 10.6 Å². The quantitative estimate of drug-likeness (QED) is 0.220. The molecule has 10 nitrogen and oxygen atoms in total. The third-order valence-electron chi connectivity index (χ3n) is 4.46. The van der Waals surface area contributed by atoms with Gasteiger partial charge in [0.25, 0.3) is 5.91 Å². The van der Waals surface area contributed by atoms with Gasteiger partial charge >= 0.3 is 0 Å². The SMILES string of the molecule is CC(=NNC(=O)c1nnn(-c2nonc2N)c1CSc1ccccc1)c1ccc(Cl)c(Cl)c1. The Hall–Kier alpha value is -3.41. The molecule has 168 valence electrons. The molecule has 0 bridgehead atoms. The molecule has 4 aromatic rings. The predicted octanol–water partition coefficient (Wildman–Crippen LogP) is 3.99. The minimum atomic E-state index is -0.556. The molecule has 3 N–H and O–H groups in total. The summed E-state index contributed by atoms with van der Waals surface area (Å²) < 4.78 is 6.00. The van der Waals surface area contributed by atoms with E-state index in [4.69, 9.17) is 28.9 Å². The number of thioether (sulfide) groups is 1. The Balaban J connectivity index is 1.60. The number of anilines is 1. The molecular formula is C20H16Cl2N8O2S. The molecule has 13 heteroatoms. The van der Waals surface area contributed by atoms with E-state index < -0.39 is 5.91 Å². The van der Waals surface area contributed by atoms with Crippen LogP contribution in [0.2, 0.25) is 10.0 Å². The van der Waals surface area contributed by atoms with Crippen molar-refractivity contribution >= 4 is 52.4 Å². The highest BCUT2D eigenvalue weighted by Gasteiger charge is 2.24. The van der Waals surface area contributed by atoms with Crippen LogP contribution in [0.15, 0.2) is 63.2 Å². The van der Waals surface area contributed by atoms with Crippen LogP contribution in [0.25, 0.3) is 5.82 Å². The number of benzene rings is 2. The Kier molecular flexibility index (Phi) is 6.92. The Labute approximate surface area is 202 Å². The summed E-state index contributed by atoms with van der Waals surface area (Å²) in [6.45, 7) is 1.73. The van der Waals surface area contributed by atoms with Crippen LogP contribution >= 0.6 is 35.0 Å². The molecule has 2 aromatic carbocycles. The number of rotatable bonds is 7. The van der Waals surface area contributed by atoms with Crippen LogP contribution in [0, 0.1) is 0 Å². The number of nitrogen functional groups attached to an aromatic ring is 1. The first-order chi connectivity index (χ1) is 15.9. The van der Waals surface area contributed by atoms with Crippen LogP contribution < -0.4 is 11.2 Å². The van der Waals surface area contributed by atoms with E-state index in [0.29, 0.717) is 32.8 Å². The number of nitrogens with one attached hydrogen (secondary N) is 1. The summed E-state index contributed by atoms with van der Waals surface area (Å²) in [5, 5.41) is 20.3. The first-order valence-corrected chi connectivity index (χ1v) is 11.2. The summed E-state index contributed by atoms with van der Waals surface area (Å²) in [5.41, 5.74) is 10.1. The zero-order valence-corrected chi connectivity index (χ0v) is 19.4. The van der Waals surface area contributed by atoms with Gasteiger partial charge in [0.2, 0.25) is 11.6 Å². The average Bonchev–Trinajstić information content (AvgIpc) is 3.43. The Morgan fingerprint density at radius 2 is 1.97 bits per heavy atom. The maximum absolute atomic E-state index is 12.9. The number of amides is 1. The molecule has 2 heterocycles. The number of hydrogen-bond acceptors (Lipinski definition) is 9. The number of nitrogens with two attached hydrogens (primary N) is 1. The van der Waals surface area contributed by atoms with Crippen molar-refractivity contribution in [2.24, 2.45) is 5.10 Å². The van der Waals surface area contributed by atoms with Gasteiger partial charge in [-0.1, -0.05) is 52.7 Å². The Bertz CT molecular complexity index is 1320. The van der Waals surface area contributed by atoms with Crippen molar-refractivity contribution in [3.8, 4) is 5.82 Å². The molecule has 1 amide bonds. The third-order valence-corrected chi connectivity index (χ3v) is 6.22. The zero-order valence-electron chi connectivity index (χ0n) is 17.1. The maximum atomic E-state index is 12.9. The van der Waals surface area contributed by atoms with Crippen LogP contribution in [-0.4, -0.2) is 36.9 Å². The summed E-state index contributed by atoms with van der Waals surface area (Å²) in [6, 6.07) is 14.7. The van der Waals surface area contributed by atoms with Crippen molar-refractivity contribution in [2.75, 3.05) is 5.73 Å². The van der Waals surface area contributed by atoms with Crippen molar-refractivity contribution in [3.63, 3.8) is 0 Å². The monoisotopic (exact) mass is 502 g/mol. The molecule has 0 saturated carbocycles. The fourth-order valence-electron chi connectivity index (χ4n) is 2.76. The minimum absolute atomic E-state index is 0.0197. The zero-order chi connectivity index (χ0) is 23.4. The second-order valence-corrected chi connectivity index (χ2v) is 8.50. The maximum Gasteiger partial charge on any atom is 0.293 e. The summed E-state index contributed by atoms with van der Waals surface area (Å²) in [7, 11) is 0. The van der Waals surface area contributed by atoms with Gasteiger partial charge in [-0.3, -0.25) is 4.79 Å². The van der Waals surface area contributed by atoms with E-state index in [1.807, 2.05) is 30.3 Å². The lowest BCUT2D eigenvalue weighted by atomic mass is 10.1. The fourth-order valence-corrected chi connectivity index (χ4v) is 3.97. The van der Waals surface area contributed by atoms with E-state index in [1.165, 1.54) is 16.4 Å². The van der Waals surface area contributed by atoms with Crippen LogP contribution in [0.3, 0.4) is 0 Å². The topological polar surface area (TPSA) is 137 Å². The molecule has 0 spiro atoms. The highest BCUT2D eigenvalue weighted by atomic mass is 35.5. The second-order valence-electron chi connectivity index (χ2n) is 6.64. The van der Waals surface area contributed by atoms with Gasteiger partial charge in [-0.2, -0.15) is 9.78 Å². The smallest absolute Gasteiger partial charge is 0.293 e. The van der Waals surface area contributed by atoms with Gasteiger partial charge in [-0.15, -0.1) is 16.9 Å². The third kappa shape index (κ3) is 5.16. The van der Waals surface area contributed by atoms with E-state index in [-0.39, 0.29) is 17.3 Å². The minimum Gasteiger partial charge on any atom is -0.378 e. The van der Waals surface area contributed by atoms with Crippen molar-refractivity contribution in [1.29, 1.82) is 0 Å². The molecule has 0 radical (unpaired) electrons. The van der Waals surface area contributed by atoms with Crippen LogP contribution in [0.5, 0.6) is 0 Å². The van der Waals surface area contributed by atoms with Crippen molar-refractivity contribution < 1.29 is 9.42 Å². The van der Waals surface area contributed by atoms with Gasteiger partial charge in [-0.25, -0.2) is 10.1 Å². The van der Waals surface area contributed by atoms with Gasteiger partial charge in [-0.05, 0) is 47.1 Å². The highest BCUT2D eigenvalue weighted by Crippen LogP contribution is 2.26. The molecule has 4 rings (SSSR count). The lowest BCUT2D eigenvalue weighted by Gasteiger charge is -2.06. The molecule has 33 heavy (non-hydrogen) atoms. The van der Waals surface area contributed by atoms with Crippen LogP contribution in [0.4, 0.5) is 5.82 Å². The van der Waals surface area contributed by atoms with Crippen molar-refractivity contribution in [3.05, 3.63) is 75.5 Å². The fraction of sp³-hybridized carbons (Fsp3) is 0.100. The van der Waals surface area contributed by atoms with E-state index in [1.54, 1.807) is 25.1 Å². The van der Waals surface area contributed by atoms with Gasteiger partial charge in [0.05, 0.1) is 21.5 Å². The number of carbonyl (C=O) groups excluding carboxylic acids is 1. The molecule has 0 aliphatic heterocycles. The van der Waals surface area contributed by atoms with Gasteiger partial charge in [0.1, 0.15) is 0 Å². The normalized spacial score (nSPS) is 11.5. The van der Waals surface area contributed by atoms with E-state index >= 15 is 0 Å². The lowest BCUT2D eigenvalue weighted by Crippen LogP contribution is -2.21. The molecule has 0 saturated heterocycles. The second kappa shape index (κ2) is 10.0. The summed E-state index contributed by atoms with van der Waals surface area (Å²) in [5.74, 6) is -0.0481. The molecule has 0 fully saturated rings. The largest absolute Gasteiger partial charge is 0.378 e. The summed E-state index contributed by atoms with van der Waals surface area (Å²) >= 11 is 13.5. The van der Waals surface area contributed by atoms with Crippen LogP contribution in [0.1, 0.15) is 28.7 Å². The average molecular weight is 503 g/mol. The number of carbonyl (C=O) groups is 1. The first kappa shape index (κ1) is 22.8. The molecule has 0 aliphatic rings. The van der Waals surface area contributed by atoms with E-state index in [2.05, 4.69) is 35.8 Å². The van der Waals surface area contributed by atoms with Crippen molar-refractivity contribution in [1.82, 2.24) is 30.7 Å². The number of hydrazone groups is 1. The number of nitrogens with zero attached hydrogens (tertiary/aromatic N) is 6. The van der Waals surface area contributed by atoms with Crippen molar-refractivity contribution in [2.45, 2.75) is 17.6 Å². The molecule has 0 unspecified atom stereocenters. The number of hydrogen-bond donors (Lipinski definition) is 2. The Morgan fingerprint density at radius 3 is 2.67 bits per heavy atom. The Morgan fingerprint density at radius 1 is 1.18 bits per heavy atom. The van der Waals surface area contributed by atoms with Gasteiger partial charge in [0.15, 0.2) is 5.69 Å². The lowest BCUT2D eigenvalue weighted by molar-refractivity contribution is 0.0949. The molecular weight excluding hydrogens is 487 g/mol. The summed E-state index contributed by atoms with van der Waals surface area (Å²) in [4.78, 5) is 13.9. The number of aromatic nitrogens is 5.